The molecule has 0 fully saturated rings. The van der Waals surface area contributed by atoms with Crippen molar-refractivity contribution in [2.45, 2.75) is 25.3 Å². The van der Waals surface area contributed by atoms with Crippen molar-refractivity contribution in [1.29, 1.82) is 0 Å². The Morgan fingerprint density at radius 3 is 2.48 bits per heavy atom. The molecule has 0 aliphatic rings. The minimum absolute atomic E-state index is 0.0327. The summed E-state index contributed by atoms with van der Waals surface area (Å²) in [5, 5.41) is 9.55. The number of hydrogen-bond acceptors (Lipinski definition) is 4. The minimum atomic E-state index is -3.39. The van der Waals surface area contributed by atoms with Crippen LogP contribution in [-0.4, -0.2) is 25.7 Å². The van der Waals surface area contributed by atoms with Crippen LogP contribution in [0.1, 0.15) is 29.7 Å². The lowest BCUT2D eigenvalue weighted by Crippen LogP contribution is -2.27. The molecule has 21 heavy (non-hydrogen) atoms. The first-order valence-electron chi connectivity index (χ1n) is 6.71. The summed E-state index contributed by atoms with van der Waals surface area (Å²) >= 11 is 0. The monoisotopic (exact) mass is 308 g/mol. The summed E-state index contributed by atoms with van der Waals surface area (Å²) in [4.78, 5) is 0. The smallest absolute Gasteiger partial charge is 0.216 e. The molecule has 7 heteroatoms. The molecule has 0 aliphatic carbocycles. The number of H-pyrrole nitrogens is 1. The summed E-state index contributed by atoms with van der Waals surface area (Å²) in [5.41, 5.74) is 2.70. The van der Waals surface area contributed by atoms with Crippen molar-refractivity contribution in [3.63, 3.8) is 0 Å². The van der Waals surface area contributed by atoms with E-state index in [1.165, 1.54) is 0 Å². The number of benzene rings is 1. The number of sulfonamides is 1. The van der Waals surface area contributed by atoms with Gasteiger partial charge in [-0.3, -0.25) is 5.10 Å². The number of nitrogens with one attached hydrogen (secondary N) is 3. The Morgan fingerprint density at radius 1 is 1.24 bits per heavy atom. The number of nitrogens with zero attached hydrogens (tertiary/aromatic N) is 1. The fourth-order valence-corrected chi connectivity index (χ4v) is 3.44. The van der Waals surface area contributed by atoms with Gasteiger partial charge in [-0.25, -0.2) is 13.1 Å². The quantitative estimate of drug-likeness (QED) is 0.720. The fourth-order valence-electron chi connectivity index (χ4n) is 2.05. The van der Waals surface area contributed by atoms with E-state index in [4.69, 9.17) is 0 Å². The van der Waals surface area contributed by atoms with E-state index in [2.05, 4.69) is 20.2 Å². The van der Waals surface area contributed by atoms with Crippen molar-refractivity contribution >= 4 is 10.0 Å². The summed E-state index contributed by atoms with van der Waals surface area (Å²) in [6.07, 6.45) is 3.29. The highest BCUT2D eigenvalue weighted by Crippen LogP contribution is 2.13. The van der Waals surface area contributed by atoms with Crippen LogP contribution in [0.25, 0.3) is 0 Å². The molecule has 0 bridgehead atoms. The zero-order chi connectivity index (χ0) is 15.3. The lowest BCUT2D eigenvalue weighted by atomic mass is 10.1. The summed E-state index contributed by atoms with van der Waals surface area (Å²) < 4.78 is 27.0. The zero-order valence-corrected chi connectivity index (χ0v) is 12.9. The van der Waals surface area contributed by atoms with E-state index in [1.807, 2.05) is 31.3 Å². The van der Waals surface area contributed by atoms with Crippen molar-refractivity contribution < 1.29 is 8.42 Å². The van der Waals surface area contributed by atoms with Gasteiger partial charge in [-0.05, 0) is 25.1 Å². The standard InChI is InChI=1S/C14H20N4O2S/c1-11(14-8-16-17-9-14)18-21(19,20)10-13-5-3-12(4-6-13)7-15-2/h3-6,8-9,11,15,18H,7,10H2,1-2H3,(H,16,17). The molecule has 6 nitrogen and oxygen atoms in total. The highest BCUT2D eigenvalue weighted by Gasteiger charge is 2.17. The molecule has 2 rings (SSSR count). The van der Waals surface area contributed by atoms with Crippen LogP contribution < -0.4 is 10.0 Å². The summed E-state index contributed by atoms with van der Waals surface area (Å²) in [5.74, 6) is -0.0327. The van der Waals surface area contributed by atoms with Crippen LogP contribution in [0.4, 0.5) is 0 Å². The second-order valence-corrected chi connectivity index (χ2v) is 6.73. The second-order valence-electron chi connectivity index (χ2n) is 4.98. The predicted octanol–water partition coefficient (Wildman–Crippen LogP) is 1.31. The fraction of sp³-hybridized carbons (Fsp3) is 0.357. The van der Waals surface area contributed by atoms with E-state index in [9.17, 15) is 8.42 Å². The van der Waals surface area contributed by atoms with E-state index in [0.717, 1.165) is 23.2 Å². The Morgan fingerprint density at radius 2 is 1.90 bits per heavy atom. The van der Waals surface area contributed by atoms with Crippen molar-refractivity contribution in [2.75, 3.05) is 7.05 Å². The number of hydrogen-bond donors (Lipinski definition) is 3. The minimum Gasteiger partial charge on any atom is -0.316 e. The third-order valence-electron chi connectivity index (χ3n) is 3.14. The molecular formula is C14H20N4O2S. The lowest BCUT2D eigenvalue weighted by Gasteiger charge is -2.12. The Hall–Kier alpha value is -1.70. The third-order valence-corrected chi connectivity index (χ3v) is 4.56. The topological polar surface area (TPSA) is 86.9 Å². The van der Waals surface area contributed by atoms with E-state index in [-0.39, 0.29) is 11.8 Å². The van der Waals surface area contributed by atoms with Crippen LogP contribution in [-0.2, 0) is 22.3 Å². The van der Waals surface area contributed by atoms with Gasteiger partial charge in [0.1, 0.15) is 0 Å². The predicted molar refractivity (Wildman–Crippen MR) is 82.0 cm³/mol. The van der Waals surface area contributed by atoms with Crippen LogP contribution in [0, 0.1) is 0 Å². The molecule has 3 N–H and O–H groups in total. The molecule has 1 aromatic heterocycles. The molecule has 1 heterocycles. The van der Waals surface area contributed by atoms with Crippen molar-refractivity contribution in [3.8, 4) is 0 Å². The van der Waals surface area contributed by atoms with Gasteiger partial charge < -0.3 is 5.32 Å². The zero-order valence-electron chi connectivity index (χ0n) is 12.1. The first-order chi connectivity index (χ1) is 10.00. The molecule has 0 spiro atoms. The third kappa shape index (κ3) is 4.66. The van der Waals surface area contributed by atoms with Crippen molar-refractivity contribution in [1.82, 2.24) is 20.2 Å². The molecule has 0 amide bonds. The van der Waals surface area contributed by atoms with Gasteiger partial charge in [0.05, 0.1) is 11.9 Å². The van der Waals surface area contributed by atoms with E-state index < -0.39 is 10.0 Å². The van der Waals surface area contributed by atoms with Gasteiger partial charge in [0.15, 0.2) is 0 Å². The van der Waals surface area contributed by atoms with Crippen LogP contribution in [0.5, 0.6) is 0 Å². The van der Waals surface area contributed by atoms with Crippen LogP contribution in [0.15, 0.2) is 36.7 Å². The SMILES string of the molecule is CNCc1ccc(CS(=O)(=O)NC(C)c2cn[nH]c2)cc1. The number of aromatic nitrogens is 2. The van der Waals surface area contributed by atoms with Gasteiger partial charge in [-0.15, -0.1) is 0 Å². The van der Waals surface area contributed by atoms with Crippen LogP contribution in [0.2, 0.25) is 0 Å². The molecule has 1 unspecified atom stereocenters. The van der Waals surface area contributed by atoms with E-state index in [0.29, 0.717) is 0 Å². The molecule has 0 aliphatic heterocycles. The second kappa shape index (κ2) is 6.84. The highest BCUT2D eigenvalue weighted by molar-refractivity contribution is 7.88. The van der Waals surface area contributed by atoms with Gasteiger partial charge in [0.2, 0.25) is 10.0 Å². The molecule has 1 aromatic carbocycles. The molecule has 1 atom stereocenters. The van der Waals surface area contributed by atoms with Crippen molar-refractivity contribution in [3.05, 3.63) is 53.3 Å². The number of aromatic amines is 1. The largest absolute Gasteiger partial charge is 0.316 e. The number of rotatable bonds is 7. The summed E-state index contributed by atoms with van der Waals surface area (Å²) in [6, 6.07) is 7.24. The molecule has 114 valence electrons. The molecule has 0 saturated carbocycles. The van der Waals surface area contributed by atoms with Gasteiger partial charge in [0.25, 0.3) is 0 Å². The maximum atomic E-state index is 12.2. The van der Waals surface area contributed by atoms with Gasteiger partial charge in [0, 0.05) is 24.3 Å². The maximum Gasteiger partial charge on any atom is 0.216 e. The highest BCUT2D eigenvalue weighted by atomic mass is 32.2. The molecule has 0 radical (unpaired) electrons. The first kappa shape index (κ1) is 15.7. The van der Waals surface area contributed by atoms with Gasteiger partial charge in [-0.1, -0.05) is 24.3 Å². The van der Waals surface area contributed by atoms with Gasteiger partial charge in [-0.2, -0.15) is 5.10 Å². The maximum absolute atomic E-state index is 12.2. The Kier molecular flexibility index (Phi) is 5.11. The Bertz CT molecular complexity index is 651. The summed E-state index contributed by atoms with van der Waals surface area (Å²) in [7, 11) is -1.52. The molecule has 2 aromatic rings. The van der Waals surface area contributed by atoms with Gasteiger partial charge >= 0.3 is 0 Å². The summed E-state index contributed by atoms with van der Waals surface area (Å²) in [6.45, 7) is 2.56. The Labute approximate surface area is 125 Å². The van der Waals surface area contributed by atoms with E-state index in [1.54, 1.807) is 19.3 Å². The molecule has 0 saturated heterocycles. The lowest BCUT2D eigenvalue weighted by molar-refractivity contribution is 0.566. The Balaban J connectivity index is 2.00. The average molecular weight is 308 g/mol. The first-order valence-corrected chi connectivity index (χ1v) is 8.36. The van der Waals surface area contributed by atoms with E-state index >= 15 is 0 Å². The molecular weight excluding hydrogens is 288 g/mol. The van der Waals surface area contributed by atoms with Crippen LogP contribution >= 0.6 is 0 Å². The average Bonchev–Trinajstić information content (AvgIpc) is 2.94. The van der Waals surface area contributed by atoms with Crippen LogP contribution in [0.3, 0.4) is 0 Å². The normalized spacial score (nSPS) is 13.2. The van der Waals surface area contributed by atoms with Crippen molar-refractivity contribution in [2.24, 2.45) is 0 Å².